The van der Waals surface area contributed by atoms with Crippen LogP contribution in [0.2, 0.25) is 13.7 Å². The molecule has 0 unspecified atom stereocenters. The highest BCUT2D eigenvalue weighted by atomic mass is 35.5. The molecule has 0 fully saturated rings. The van der Waals surface area contributed by atoms with E-state index in [0.29, 0.717) is 14.2 Å². The molecule has 7 heteroatoms. The van der Waals surface area contributed by atoms with E-state index in [0.717, 1.165) is 11.3 Å². The van der Waals surface area contributed by atoms with Crippen molar-refractivity contribution < 1.29 is 4.92 Å². The van der Waals surface area contributed by atoms with E-state index in [-0.39, 0.29) is 10.7 Å². The number of nitro groups is 1. The third kappa shape index (κ3) is 2.39. The predicted octanol–water partition coefficient (Wildman–Crippen LogP) is 4.35. The molecule has 0 N–H and O–H groups in total. The van der Waals surface area contributed by atoms with Gasteiger partial charge in [-0.05, 0) is 0 Å². The van der Waals surface area contributed by atoms with Crippen molar-refractivity contribution in [1.82, 2.24) is 0 Å². The van der Waals surface area contributed by atoms with E-state index >= 15 is 0 Å². The Morgan fingerprint density at radius 3 is 2.36 bits per heavy atom. The monoisotopic (exact) mass is 271 g/mol. The maximum absolute atomic E-state index is 10.4. The average molecular weight is 273 g/mol. The molecule has 0 bridgehead atoms. The molecule has 1 aromatic rings. The lowest BCUT2D eigenvalue weighted by atomic mass is 10.3. The second-order valence-corrected chi connectivity index (χ2v) is 5.02. The number of hydrogen-bond acceptors (Lipinski definition) is 3. The van der Waals surface area contributed by atoms with Crippen LogP contribution in [0.5, 0.6) is 0 Å². The molecule has 0 saturated carbocycles. The summed E-state index contributed by atoms with van der Waals surface area (Å²) >= 11 is 18.4. The van der Waals surface area contributed by atoms with Crippen molar-refractivity contribution in [1.29, 1.82) is 0 Å². The summed E-state index contributed by atoms with van der Waals surface area (Å²) in [4.78, 5) is 9.84. The van der Waals surface area contributed by atoms with E-state index < -0.39 is 4.92 Å². The van der Waals surface area contributed by atoms with Crippen molar-refractivity contribution in [3.8, 4) is 0 Å². The highest BCUT2D eigenvalue weighted by Gasteiger charge is 2.14. The Morgan fingerprint density at radius 1 is 1.43 bits per heavy atom. The zero-order valence-electron chi connectivity index (χ0n) is 6.88. The van der Waals surface area contributed by atoms with Gasteiger partial charge >= 0.3 is 0 Å². The molecule has 0 aliphatic rings. The van der Waals surface area contributed by atoms with Crippen LogP contribution >= 0.6 is 46.1 Å². The molecule has 0 amide bonds. The van der Waals surface area contributed by atoms with Gasteiger partial charge in [-0.3, -0.25) is 10.1 Å². The molecule has 0 spiro atoms. The second-order valence-electron chi connectivity index (χ2n) is 2.42. The van der Waals surface area contributed by atoms with Crippen molar-refractivity contribution in [2.24, 2.45) is 0 Å². The Labute approximate surface area is 99.0 Å². The summed E-state index contributed by atoms with van der Waals surface area (Å²) in [5, 5.41) is 10.6. The highest BCUT2D eigenvalue weighted by molar-refractivity contribution is 7.20. The van der Waals surface area contributed by atoms with Gasteiger partial charge in [0.25, 0.3) is 0 Å². The summed E-state index contributed by atoms with van der Waals surface area (Å²) in [7, 11) is 0. The van der Waals surface area contributed by atoms with Crippen molar-refractivity contribution in [2.75, 3.05) is 0 Å². The van der Waals surface area contributed by atoms with Crippen molar-refractivity contribution in [3.63, 3.8) is 0 Å². The Bertz CT molecular complexity index is 413. The van der Waals surface area contributed by atoms with Gasteiger partial charge in [-0.2, -0.15) is 0 Å². The summed E-state index contributed by atoms with van der Waals surface area (Å²) in [6.07, 6.45) is 1.30. The Morgan fingerprint density at radius 2 is 2.00 bits per heavy atom. The molecule has 0 aromatic carbocycles. The van der Waals surface area contributed by atoms with E-state index in [2.05, 4.69) is 0 Å². The highest BCUT2D eigenvalue weighted by Crippen LogP contribution is 2.41. The van der Waals surface area contributed by atoms with Gasteiger partial charge < -0.3 is 0 Å². The fourth-order valence-corrected chi connectivity index (χ4v) is 2.58. The smallest absolute Gasteiger partial charge is 0.243 e. The van der Waals surface area contributed by atoms with Crippen LogP contribution < -0.4 is 0 Å². The maximum Gasteiger partial charge on any atom is 0.243 e. The Balaban J connectivity index is 3.20. The zero-order valence-corrected chi connectivity index (χ0v) is 9.97. The molecular weight excluding hydrogens is 269 g/mol. The van der Waals surface area contributed by atoms with Crippen LogP contribution in [0.4, 0.5) is 0 Å². The predicted molar refractivity (Wildman–Crippen MR) is 60.0 cm³/mol. The maximum atomic E-state index is 10.4. The first-order chi connectivity index (χ1) is 6.43. The molecule has 0 atom stereocenters. The van der Waals surface area contributed by atoms with Gasteiger partial charge in [0.15, 0.2) is 0 Å². The van der Waals surface area contributed by atoms with Gasteiger partial charge in [-0.1, -0.05) is 34.8 Å². The van der Waals surface area contributed by atoms with Crippen LogP contribution in [-0.4, -0.2) is 4.92 Å². The van der Waals surface area contributed by atoms with Crippen LogP contribution in [0.15, 0.2) is 5.70 Å². The Hall–Kier alpha value is -0.290. The zero-order chi connectivity index (χ0) is 10.9. The first kappa shape index (κ1) is 11.8. The number of halogens is 3. The van der Waals surface area contributed by atoms with Crippen LogP contribution in [0.25, 0.3) is 6.08 Å². The molecule has 1 rings (SSSR count). The quantitative estimate of drug-likeness (QED) is 0.593. The first-order valence-corrected chi connectivity index (χ1v) is 5.34. The van der Waals surface area contributed by atoms with Gasteiger partial charge in [0, 0.05) is 18.6 Å². The topological polar surface area (TPSA) is 43.1 Å². The van der Waals surface area contributed by atoms with Crippen LogP contribution in [0, 0.1) is 10.1 Å². The molecule has 3 nitrogen and oxygen atoms in total. The fraction of sp³-hybridized carbons (Fsp3) is 0.143. The molecule has 0 radical (unpaired) electrons. The largest absolute Gasteiger partial charge is 0.259 e. The fourth-order valence-electron chi connectivity index (χ4n) is 0.752. The van der Waals surface area contributed by atoms with Gasteiger partial charge in [-0.25, -0.2) is 0 Å². The number of rotatable bonds is 2. The van der Waals surface area contributed by atoms with E-state index in [1.807, 2.05) is 0 Å². The molecular formula is C7H4Cl3NO2S. The lowest BCUT2D eigenvalue weighted by Gasteiger charge is -1.91. The van der Waals surface area contributed by atoms with Crippen molar-refractivity contribution in [2.45, 2.75) is 6.92 Å². The van der Waals surface area contributed by atoms with E-state index in [9.17, 15) is 10.1 Å². The molecule has 0 saturated heterocycles. The number of hydrogen-bond donors (Lipinski definition) is 0. The molecule has 14 heavy (non-hydrogen) atoms. The standard InChI is InChI=1S/C7H4Cl3NO2S/c1-3(11(12)13)2-4-5(8)7(10)14-6(4)9/h2H,1H3/b3-2+. The van der Waals surface area contributed by atoms with Gasteiger partial charge in [0.1, 0.15) is 8.67 Å². The van der Waals surface area contributed by atoms with Crippen molar-refractivity contribution >= 4 is 52.2 Å². The first-order valence-electron chi connectivity index (χ1n) is 3.39. The normalized spacial score (nSPS) is 11.9. The minimum Gasteiger partial charge on any atom is -0.259 e. The third-order valence-corrected chi connectivity index (χ3v) is 3.68. The molecule has 0 aliphatic carbocycles. The van der Waals surface area contributed by atoms with Crippen LogP contribution in [0.1, 0.15) is 12.5 Å². The lowest BCUT2D eigenvalue weighted by Crippen LogP contribution is -1.92. The number of thiophene rings is 1. The van der Waals surface area contributed by atoms with Crippen LogP contribution in [-0.2, 0) is 0 Å². The second kappa shape index (κ2) is 4.49. The molecule has 76 valence electrons. The summed E-state index contributed by atoms with van der Waals surface area (Å²) in [6.45, 7) is 1.36. The summed E-state index contributed by atoms with van der Waals surface area (Å²) in [6, 6.07) is 0. The van der Waals surface area contributed by atoms with Gasteiger partial charge in [0.2, 0.25) is 5.70 Å². The summed E-state index contributed by atoms with van der Waals surface area (Å²) < 4.78 is 0.681. The summed E-state index contributed by atoms with van der Waals surface area (Å²) in [5.74, 6) is 0. The minimum absolute atomic E-state index is 0.0386. The third-order valence-electron chi connectivity index (χ3n) is 1.44. The van der Waals surface area contributed by atoms with Crippen molar-refractivity contribution in [3.05, 3.63) is 35.1 Å². The average Bonchev–Trinajstić information content (AvgIpc) is 2.32. The van der Waals surface area contributed by atoms with E-state index in [4.69, 9.17) is 34.8 Å². The molecule has 1 aromatic heterocycles. The summed E-state index contributed by atoms with van der Waals surface area (Å²) in [5.41, 5.74) is 0.362. The number of allylic oxidation sites excluding steroid dienone is 1. The molecule has 0 aliphatic heterocycles. The van der Waals surface area contributed by atoms with E-state index in [1.165, 1.54) is 13.0 Å². The lowest BCUT2D eigenvalue weighted by molar-refractivity contribution is -0.422. The molecule has 1 heterocycles. The Kier molecular flexibility index (Phi) is 3.78. The van der Waals surface area contributed by atoms with Gasteiger partial charge in [-0.15, -0.1) is 11.3 Å². The number of nitrogens with zero attached hydrogens (tertiary/aromatic N) is 1. The van der Waals surface area contributed by atoms with E-state index in [1.54, 1.807) is 0 Å². The van der Waals surface area contributed by atoms with Crippen LogP contribution in [0.3, 0.4) is 0 Å². The minimum atomic E-state index is -0.516. The SMILES string of the molecule is C/C(=C\c1c(Cl)sc(Cl)c1Cl)[N+](=O)[O-]. The van der Waals surface area contributed by atoms with Gasteiger partial charge in [0.05, 0.1) is 9.95 Å².